The minimum absolute atomic E-state index is 0.0640. The van der Waals surface area contributed by atoms with Crippen LogP contribution in [0.1, 0.15) is 68.2 Å². The Morgan fingerprint density at radius 3 is 2.09 bits per heavy atom. The molecule has 1 fully saturated rings. The van der Waals surface area contributed by atoms with Gasteiger partial charge in [-0.1, -0.05) is 32.0 Å². The normalized spacial score (nSPS) is 28.2. The Hall–Kier alpha value is -1.02. The highest BCUT2D eigenvalue weighted by atomic mass is 16.5. The van der Waals surface area contributed by atoms with Crippen LogP contribution in [0.3, 0.4) is 0 Å². The minimum Gasteiger partial charge on any atom is -0.372 e. The van der Waals surface area contributed by atoms with E-state index in [2.05, 4.69) is 90.6 Å². The van der Waals surface area contributed by atoms with Gasteiger partial charge >= 0.3 is 0 Å². The summed E-state index contributed by atoms with van der Waals surface area (Å²) in [6.45, 7) is 18.3. The van der Waals surface area contributed by atoms with Gasteiger partial charge in [0.2, 0.25) is 0 Å². The fourth-order valence-corrected chi connectivity index (χ4v) is 4.26. The topological polar surface area (TPSA) is 12.5 Å². The van der Waals surface area contributed by atoms with Crippen LogP contribution in [-0.2, 0) is 4.74 Å². The second kappa shape index (κ2) is 6.12. The summed E-state index contributed by atoms with van der Waals surface area (Å²) in [5.41, 5.74) is 1.38. The third-order valence-corrected chi connectivity index (χ3v) is 5.26. The predicted octanol–water partition coefficient (Wildman–Crippen LogP) is 5.66. The third kappa shape index (κ3) is 3.91. The van der Waals surface area contributed by atoms with Crippen LogP contribution < -0.4 is 4.90 Å². The first-order valence-electron chi connectivity index (χ1n) is 8.99. The number of hydrogen-bond acceptors (Lipinski definition) is 2. The maximum Gasteiger partial charge on any atom is 0.0626 e. The van der Waals surface area contributed by atoms with E-state index < -0.39 is 0 Å². The highest BCUT2D eigenvalue weighted by Crippen LogP contribution is 2.46. The molecule has 0 aliphatic carbocycles. The second-order valence-electron chi connectivity index (χ2n) is 9.26. The second-order valence-corrected chi connectivity index (χ2v) is 9.26. The average molecular weight is 318 g/mol. The summed E-state index contributed by atoms with van der Waals surface area (Å²) in [5, 5.41) is 0. The van der Waals surface area contributed by atoms with Crippen LogP contribution in [-0.4, -0.2) is 22.8 Å². The molecule has 0 saturated carbocycles. The van der Waals surface area contributed by atoms with E-state index in [1.54, 1.807) is 0 Å². The quantitative estimate of drug-likeness (QED) is 0.713. The van der Waals surface area contributed by atoms with Crippen molar-refractivity contribution in [3.05, 3.63) is 30.3 Å². The molecule has 0 spiro atoms. The first-order chi connectivity index (χ1) is 10.5. The molecule has 1 aromatic rings. The Bertz CT molecular complexity index is 514. The third-order valence-electron chi connectivity index (χ3n) is 5.26. The highest BCUT2D eigenvalue weighted by Gasteiger charge is 2.50. The van der Waals surface area contributed by atoms with Crippen LogP contribution in [0.4, 0.5) is 5.69 Å². The average Bonchev–Trinajstić information content (AvgIpc) is 2.35. The molecule has 0 amide bonds. The van der Waals surface area contributed by atoms with Gasteiger partial charge in [0.25, 0.3) is 0 Å². The van der Waals surface area contributed by atoms with Crippen molar-refractivity contribution in [2.45, 2.75) is 91.0 Å². The van der Waals surface area contributed by atoms with Crippen molar-refractivity contribution in [3.8, 4) is 0 Å². The van der Waals surface area contributed by atoms with Crippen molar-refractivity contribution in [2.75, 3.05) is 4.90 Å². The van der Waals surface area contributed by atoms with Crippen LogP contribution in [0.15, 0.2) is 30.3 Å². The zero-order chi connectivity index (χ0) is 17.5. The van der Waals surface area contributed by atoms with E-state index in [1.165, 1.54) is 5.69 Å². The molecule has 2 atom stereocenters. The van der Waals surface area contributed by atoms with Crippen molar-refractivity contribution in [1.29, 1.82) is 0 Å². The molecule has 1 saturated heterocycles. The molecule has 0 aromatic heterocycles. The van der Waals surface area contributed by atoms with Crippen molar-refractivity contribution in [3.63, 3.8) is 0 Å². The molecule has 1 aromatic carbocycles. The number of ether oxygens (including phenoxy) is 1. The van der Waals surface area contributed by atoms with E-state index in [9.17, 15) is 0 Å². The van der Waals surface area contributed by atoms with Gasteiger partial charge in [-0.15, -0.1) is 0 Å². The fourth-order valence-electron chi connectivity index (χ4n) is 4.26. The number of para-hydroxylation sites is 1. The molecule has 1 aliphatic rings. The summed E-state index contributed by atoms with van der Waals surface area (Å²) < 4.78 is 6.42. The van der Waals surface area contributed by atoms with Crippen molar-refractivity contribution in [1.82, 2.24) is 0 Å². The number of rotatable bonds is 3. The molecule has 130 valence electrons. The van der Waals surface area contributed by atoms with Crippen LogP contribution >= 0.6 is 0 Å². The predicted molar refractivity (Wildman–Crippen MR) is 100 cm³/mol. The lowest BCUT2D eigenvalue weighted by molar-refractivity contribution is -0.0970. The Balaban J connectivity index is 2.42. The Morgan fingerprint density at radius 1 is 1.04 bits per heavy atom. The van der Waals surface area contributed by atoms with E-state index in [0.29, 0.717) is 12.0 Å². The molecule has 23 heavy (non-hydrogen) atoms. The van der Waals surface area contributed by atoms with Gasteiger partial charge in [0.1, 0.15) is 0 Å². The van der Waals surface area contributed by atoms with E-state index in [0.717, 1.165) is 12.8 Å². The monoisotopic (exact) mass is 317 g/mol. The van der Waals surface area contributed by atoms with Gasteiger partial charge in [-0.3, -0.25) is 0 Å². The number of hydrogen-bond donors (Lipinski definition) is 0. The smallest absolute Gasteiger partial charge is 0.0626 e. The first-order valence-corrected chi connectivity index (χ1v) is 8.99. The van der Waals surface area contributed by atoms with E-state index >= 15 is 0 Å². The van der Waals surface area contributed by atoms with Crippen LogP contribution in [0.25, 0.3) is 0 Å². The van der Waals surface area contributed by atoms with Gasteiger partial charge in [-0.2, -0.15) is 0 Å². The van der Waals surface area contributed by atoms with Gasteiger partial charge in [-0.05, 0) is 72.4 Å². The molecule has 0 N–H and O–H groups in total. The number of anilines is 1. The summed E-state index contributed by atoms with van der Waals surface area (Å²) in [6.07, 6.45) is 2.43. The molecule has 2 unspecified atom stereocenters. The van der Waals surface area contributed by atoms with Crippen molar-refractivity contribution in [2.24, 2.45) is 5.92 Å². The Kier molecular flexibility index (Phi) is 4.88. The van der Waals surface area contributed by atoms with E-state index in [4.69, 9.17) is 4.74 Å². The lowest BCUT2D eigenvalue weighted by Crippen LogP contribution is -2.66. The van der Waals surface area contributed by atoms with Gasteiger partial charge in [-0.25, -0.2) is 0 Å². The number of benzene rings is 1. The number of piperidine rings is 1. The molecule has 2 heteroatoms. The molecular weight excluding hydrogens is 282 g/mol. The lowest BCUT2D eigenvalue weighted by atomic mass is 9.71. The summed E-state index contributed by atoms with van der Waals surface area (Å²) in [4.78, 5) is 2.65. The summed E-state index contributed by atoms with van der Waals surface area (Å²) in [5.74, 6) is 0.549. The van der Waals surface area contributed by atoms with Crippen LogP contribution in [0, 0.1) is 5.92 Å². The fraction of sp³-hybridized carbons (Fsp3) is 0.714. The molecule has 0 radical (unpaired) electrons. The molecule has 0 bridgehead atoms. The van der Waals surface area contributed by atoms with Gasteiger partial charge in [0.15, 0.2) is 0 Å². The van der Waals surface area contributed by atoms with Gasteiger partial charge < -0.3 is 9.64 Å². The molecular formula is C21H35NO. The van der Waals surface area contributed by atoms with E-state index in [1.807, 2.05) is 0 Å². The summed E-state index contributed by atoms with van der Waals surface area (Å²) in [6, 6.07) is 10.9. The maximum atomic E-state index is 6.42. The van der Waals surface area contributed by atoms with E-state index in [-0.39, 0.29) is 16.7 Å². The van der Waals surface area contributed by atoms with Crippen LogP contribution in [0.5, 0.6) is 0 Å². The zero-order valence-electron chi connectivity index (χ0n) is 16.3. The summed E-state index contributed by atoms with van der Waals surface area (Å²) in [7, 11) is 0. The van der Waals surface area contributed by atoms with Gasteiger partial charge in [0.05, 0.1) is 11.7 Å². The first kappa shape index (κ1) is 18.3. The van der Waals surface area contributed by atoms with Gasteiger partial charge in [0, 0.05) is 16.8 Å². The molecule has 2 rings (SSSR count). The standard InChI is InChI=1S/C21H35NO/c1-16(2)21(8)15-18(23-19(3,4)5)14-20(6,7)22(21)17-12-10-9-11-13-17/h9-13,16,18H,14-15H2,1-8H3. The molecule has 1 aliphatic heterocycles. The maximum absolute atomic E-state index is 6.42. The molecule has 2 nitrogen and oxygen atoms in total. The SMILES string of the molecule is CC(C)C1(C)CC(OC(C)(C)C)CC(C)(C)N1c1ccccc1. The minimum atomic E-state index is -0.0897. The van der Waals surface area contributed by atoms with Crippen LogP contribution in [0.2, 0.25) is 0 Å². The van der Waals surface area contributed by atoms with Crippen molar-refractivity contribution >= 4 is 5.69 Å². The zero-order valence-corrected chi connectivity index (χ0v) is 16.3. The molecule has 1 heterocycles. The Labute approximate surface area is 143 Å². The Morgan fingerprint density at radius 2 is 1.61 bits per heavy atom. The lowest BCUT2D eigenvalue weighted by Gasteiger charge is -2.60. The van der Waals surface area contributed by atoms with Crippen molar-refractivity contribution < 1.29 is 4.74 Å². The number of nitrogens with zero attached hydrogens (tertiary/aromatic N) is 1. The summed E-state index contributed by atoms with van der Waals surface area (Å²) >= 11 is 0. The largest absolute Gasteiger partial charge is 0.372 e. The highest BCUT2D eigenvalue weighted by molar-refractivity contribution is 5.52.